The summed E-state index contributed by atoms with van der Waals surface area (Å²) in [6, 6.07) is 10.3. The Balaban J connectivity index is 2.15. The van der Waals surface area contributed by atoms with Crippen molar-refractivity contribution < 1.29 is 18.7 Å². The number of benzene rings is 1. The molecule has 1 heterocycles. The summed E-state index contributed by atoms with van der Waals surface area (Å²) in [6.07, 6.45) is 0. The number of thiol groups is 1. The lowest BCUT2D eigenvalue weighted by atomic mass is 10.1. The zero-order valence-electron chi connectivity index (χ0n) is 10.8. The van der Waals surface area contributed by atoms with Crippen LogP contribution in [0.3, 0.4) is 0 Å². The molecular weight excluding hydrogens is 278 g/mol. The molecule has 1 N–H and O–H groups in total. The third-order valence-electron chi connectivity index (χ3n) is 2.59. The van der Waals surface area contributed by atoms with Crippen LogP contribution in [0.5, 0.6) is 0 Å². The Morgan fingerprint density at radius 2 is 1.90 bits per heavy atom. The molecule has 0 radical (unpaired) electrons. The van der Waals surface area contributed by atoms with E-state index >= 15 is 0 Å². The van der Waals surface area contributed by atoms with E-state index in [4.69, 9.17) is 4.42 Å². The topological polar surface area (TPSA) is 68.5 Å². The minimum atomic E-state index is -0.520. The summed E-state index contributed by atoms with van der Waals surface area (Å²) in [7, 11) is 1.30. The quantitative estimate of drug-likeness (QED) is 0.671. The molecule has 5 nitrogen and oxygen atoms in total. The summed E-state index contributed by atoms with van der Waals surface area (Å²) in [5.74, 6) is 0.135. The molecule has 0 atom stereocenters. The largest absolute Gasteiger partial charge is 0.463 e. The van der Waals surface area contributed by atoms with Crippen molar-refractivity contribution in [2.24, 2.45) is 0 Å². The van der Waals surface area contributed by atoms with Gasteiger partial charge in [-0.25, -0.2) is 4.79 Å². The van der Waals surface area contributed by atoms with Gasteiger partial charge in [0.2, 0.25) is 11.7 Å². The summed E-state index contributed by atoms with van der Waals surface area (Å²) < 4.78 is 9.96. The highest BCUT2D eigenvalue weighted by atomic mass is 32.1. The SMILES string of the molecule is COC(=O)c1ccc(-c2ccc(NC(=O)CS)cc2)o1. The van der Waals surface area contributed by atoms with Gasteiger partial charge in [-0.1, -0.05) is 0 Å². The number of amides is 1. The van der Waals surface area contributed by atoms with Gasteiger partial charge in [0.1, 0.15) is 5.76 Å². The van der Waals surface area contributed by atoms with E-state index in [1.54, 1.807) is 36.4 Å². The van der Waals surface area contributed by atoms with Crippen LogP contribution in [0, 0.1) is 0 Å². The molecule has 2 rings (SSSR count). The number of rotatable bonds is 4. The molecule has 6 heteroatoms. The molecule has 104 valence electrons. The first-order valence-corrected chi connectivity index (χ1v) is 6.46. The second kappa shape index (κ2) is 6.29. The van der Waals surface area contributed by atoms with Crippen LogP contribution >= 0.6 is 12.6 Å². The second-order valence-electron chi connectivity index (χ2n) is 3.94. The second-order valence-corrected chi connectivity index (χ2v) is 4.26. The standard InChI is InChI=1S/C14H13NO4S/c1-18-14(17)12-7-6-11(19-12)9-2-4-10(5-3-9)15-13(16)8-20/h2-7,20H,8H2,1H3,(H,15,16). The number of nitrogens with one attached hydrogen (secondary N) is 1. The molecule has 0 aliphatic carbocycles. The molecule has 0 saturated heterocycles. The molecule has 1 aromatic heterocycles. The first-order valence-electron chi connectivity index (χ1n) is 5.83. The van der Waals surface area contributed by atoms with E-state index < -0.39 is 5.97 Å². The predicted octanol–water partition coefficient (Wildman–Crippen LogP) is 2.60. The molecule has 0 unspecified atom stereocenters. The lowest BCUT2D eigenvalue weighted by molar-refractivity contribution is -0.113. The van der Waals surface area contributed by atoms with Crippen molar-refractivity contribution in [2.75, 3.05) is 18.2 Å². The van der Waals surface area contributed by atoms with Crippen LogP contribution in [-0.2, 0) is 9.53 Å². The average molecular weight is 291 g/mol. The van der Waals surface area contributed by atoms with Gasteiger partial charge in [0, 0.05) is 11.3 Å². The third kappa shape index (κ3) is 3.21. The molecule has 1 aromatic carbocycles. The molecule has 0 aliphatic rings. The third-order valence-corrected chi connectivity index (χ3v) is 2.88. The molecule has 0 bridgehead atoms. The van der Waals surface area contributed by atoms with Crippen molar-refractivity contribution in [3.8, 4) is 11.3 Å². The van der Waals surface area contributed by atoms with Gasteiger partial charge < -0.3 is 14.5 Å². The summed E-state index contributed by atoms with van der Waals surface area (Å²) in [6.45, 7) is 0. The van der Waals surface area contributed by atoms with E-state index in [9.17, 15) is 9.59 Å². The first-order chi connectivity index (χ1) is 9.63. The van der Waals surface area contributed by atoms with Crippen molar-refractivity contribution >= 4 is 30.2 Å². The lowest BCUT2D eigenvalue weighted by Gasteiger charge is -2.03. The van der Waals surface area contributed by atoms with Gasteiger partial charge >= 0.3 is 5.97 Å². The molecule has 0 saturated carbocycles. The molecule has 1 amide bonds. The fraction of sp³-hybridized carbons (Fsp3) is 0.143. The Bertz CT molecular complexity index is 618. The van der Waals surface area contributed by atoms with Crippen LogP contribution in [0.4, 0.5) is 5.69 Å². The predicted molar refractivity (Wildman–Crippen MR) is 78.0 cm³/mol. The van der Waals surface area contributed by atoms with Crippen molar-refractivity contribution in [3.63, 3.8) is 0 Å². The van der Waals surface area contributed by atoms with Gasteiger partial charge in [0.05, 0.1) is 12.9 Å². The van der Waals surface area contributed by atoms with Crippen molar-refractivity contribution in [2.45, 2.75) is 0 Å². The van der Waals surface area contributed by atoms with E-state index in [1.807, 2.05) is 0 Å². The van der Waals surface area contributed by atoms with Crippen LogP contribution in [0.25, 0.3) is 11.3 Å². The summed E-state index contributed by atoms with van der Waals surface area (Å²) in [4.78, 5) is 22.5. The summed E-state index contributed by atoms with van der Waals surface area (Å²) in [5, 5.41) is 2.68. The molecule has 0 aliphatic heterocycles. The van der Waals surface area contributed by atoms with Gasteiger partial charge in [-0.05, 0) is 36.4 Å². The molecule has 20 heavy (non-hydrogen) atoms. The summed E-state index contributed by atoms with van der Waals surface area (Å²) in [5.41, 5.74) is 1.47. The Hall–Kier alpha value is -2.21. The number of anilines is 1. The number of hydrogen-bond acceptors (Lipinski definition) is 5. The van der Waals surface area contributed by atoms with Crippen LogP contribution in [0.1, 0.15) is 10.6 Å². The van der Waals surface area contributed by atoms with Gasteiger partial charge in [-0.3, -0.25) is 4.79 Å². The maximum atomic E-state index is 11.3. The molecule has 0 spiro atoms. The van der Waals surface area contributed by atoms with E-state index in [0.29, 0.717) is 11.4 Å². The Morgan fingerprint density at radius 1 is 1.20 bits per heavy atom. The van der Waals surface area contributed by atoms with E-state index in [-0.39, 0.29) is 17.4 Å². The number of carbonyl (C=O) groups is 2. The highest BCUT2D eigenvalue weighted by Crippen LogP contribution is 2.24. The zero-order chi connectivity index (χ0) is 14.5. The van der Waals surface area contributed by atoms with E-state index in [0.717, 1.165) is 5.56 Å². The van der Waals surface area contributed by atoms with Crippen LogP contribution in [-0.4, -0.2) is 24.7 Å². The average Bonchev–Trinajstić information content (AvgIpc) is 2.97. The van der Waals surface area contributed by atoms with Crippen molar-refractivity contribution in [3.05, 3.63) is 42.2 Å². The minimum absolute atomic E-state index is 0.127. The highest BCUT2D eigenvalue weighted by Gasteiger charge is 2.12. The summed E-state index contributed by atoms with van der Waals surface area (Å²) >= 11 is 3.88. The zero-order valence-corrected chi connectivity index (χ0v) is 11.6. The number of hydrogen-bond donors (Lipinski definition) is 2. The smallest absolute Gasteiger partial charge is 0.373 e. The number of ether oxygens (including phenoxy) is 1. The van der Waals surface area contributed by atoms with Crippen LogP contribution in [0.15, 0.2) is 40.8 Å². The van der Waals surface area contributed by atoms with Crippen LogP contribution in [0.2, 0.25) is 0 Å². The number of methoxy groups -OCH3 is 1. The van der Waals surface area contributed by atoms with E-state index in [1.165, 1.54) is 7.11 Å². The Morgan fingerprint density at radius 3 is 2.50 bits per heavy atom. The van der Waals surface area contributed by atoms with Gasteiger partial charge in [-0.2, -0.15) is 12.6 Å². The monoisotopic (exact) mass is 291 g/mol. The molecule has 0 fully saturated rings. The number of furan rings is 1. The molecular formula is C14H13NO4S. The minimum Gasteiger partial charge on any atom is -0.463 e. The first kappa shape index (κ1) is 14.2. The van der Waals surface area contributed by atoms with E-state index in [2.05, 4.69) is 22.7 Å². The van der Waals surface area contributed by atoms with Crippen molar-refractivity contribution in [1.29, 1.82) is 0 Å². The Labute approximate surface area is 121 Å². The number of carbonyl (C=O) groups excluding carboxylic acids is 2. The fourth-order valence-electron chi connectivity index (χ4n) is 1.62. The van der Waals surface area contributed by atoms with Gasteiger partial charge in [0.25, 0.3) is 0 Å². The maximum absolute atomic E-state index is 11.3. The maximum Gasteiger partial charge on any atom is 0.373 e. The Kier molecular flexibility index (Phi) is 4.47. The van der Waals surface area contributed by atoms with Gasteiger partial charge in [0.15, 0.2) is 0 Å². The van der Waals surface area contributed by atoms with Crippen LogP contribution < -0.4 is 5.32 Å². The molecule has 2 aromatic rings. The lowest BCUT2D eigenvalue weighted by Crippen LogP contribution is -2.12. The highest BCUT2D eigenvalue weighted by molar-refractivity contribution is 7.81. The van der Waals surface area contributed by atoms with Gasteiger partial charge in [-0.15, -0.1) is 0 Å². The van der Waals surface area contributed by atoms with Crippen molar-refractivity contribution in [1.82, 2.24) is 0 Å². The fourth-order valence-corrected chi connectivity index (χ4v) is 1.70. The normalized spacial score (nSPS) is 10.1. The number of esters is 1.